The van der Waals surface area contributed by atoms with Crippen molar-refractivity contribution >= 4 is 27.7 Å². The number of ketones is 1. The zero-order chi connectivity index (χ0) is 11.9. The monoisotopic (exact) mass is 278 g/mol. The summed E-state index contributed by atoms with van der Waals surface area (Å²) in [6.45, 7) is 3.97. The molecule has 0 fully saturated rings. The minimum atomic E-state index is -0.363. The summed E-state index contributed by atoms with van der Waals surface area (Å²) in [6.07, 6.45) is 2.43. The van der Waals surface area contributed by atoms with Gasteiger partial charge in [0.15, 0.2) is 0 Å². The molecule has 0 aliphatic rings. The number of hydrogen-bond acceptors (Lipinski definition) is 3. The summed E-state index contributed by atoms with van der Waals surface area (Å²) in [7, 11) is 1.37. The van der Waals surface area contributed by atoms with E-state index in [1.54, 1.807) is 0 Å². The summed E-state index contributed by atoms with van der Waals surface area (Å²) in [5, 5.41) is 0.357. The largest absolute Gasteiger partial charge is 0.469 e. The molecule has 0 saturated carbocycles. The van der Waals surface area contributed by atoms with E-state index in [-0.39, 0.29) is 17.2 Å². The molecule has 0 bridgehead atoms. The van der Waals surface area contributed by atoms with E-state index in [1.165, 1.54) is 7.11 Å². The molecule has 0 spiro atoms. The average Bonchev–Trinajstić information content (AvgIpc) is 2.29. The molecule has 0 aliphatic carbocycles. The lowest BCUT2D eigenvalue weighted by atomic mass is 9.75. The van der Waals surface area contributed by atoms with Gasteiger partial charge in [-0.05, 0) is 19.3 Å². The van der Waals surface area contributed by atoms with Crippen LogP contribution in [0.5, 0.6) is 0 Å². The molecule has 0 radical (unpaired) electrons. The third-order valence-electron chi connectivity index (χ3n) is 3.10. The smallest absolute Gasteiger partial charge is 0.305 e. The average molecular weight is 279 g/mol. The van der Waals surface area contributed by atoms with Gasteiger partial charge in [0.1, 0.15) is 5.78 Å². The fourth-order valence-corrected chi connectivity index (χ4v) is 2.32. The molecule has 4 heteroatoms. The zero-order valence-corrected chi connectivity index (χ0v) is 11.2. The van der Waals surface area contributed by atoms with E-state index in [9.17, 15) is 9.59 Å². The van der Waals surface area contributed by atoms with Crippen molar-refractivity contribution in [2.45, 2.75) is 39.5 Å². The predicted octanol–water partition coefficient (Wildman–Crippen LogP) is 2.71. The number of Topliss-reactive ketones (excluding diaryl/α,β-unsaturated/α-hetero) is 1. The molecule has 0 aliphatic heterocycles. The van der Waals surface area contributed by atoms with Crippen LogP contribution in [0.1, 0.15) is 39.5 Å². The van der Waals surface area contributed by atoms with Crippen molar-refractivity contribution in [1.29, 1.82) is 0 Å². The topological polar surface area (TPSA) is 43.4 Å². The van der Waals surface area contributed by atoms with Crippen LogP contribution in [0.4, 0.5) is 0 Å². The maximum Gasteiger partial charge on any atom is 0.305 e. The highest BCUT2D eigenvalue weighted by Crippen LogP contribution is 2.33. The van der Waals surface area contributed by atoms with E-state index >= 15 is 0 Å². The number of carbonyl (C=O) groups is 2. The summed E-state index contributed by atoms with van der Waals surface area (Å²) in [6, 6.07) is 0. The van der Waals surface area contributed by atoms with Crippen LogP contribution < -0.4 is 0 Å². The Labute approximate surface area is 99.7 Å². The van der Waals surface area contributed by atoms with Crippen LogP contribution in [-0.2, 0) is 14.3 Å². The highest BCUT2D eigenvalue weighted by molar-refractivity contribution is 9.09. The molecule has 0 saturated heterocycles. The molecule has 0 aromatic carbocycles. The van der Waals surface area contributed by atoms with Gasteiger partial charge in [0.05, 0.1) is 12.4 Å². The van der Waals surface area contributed by atoms with Crippen LogP contribution in [0.2, 0.25) is 0 Å². The van der Waals surface area contributed by atoms with Crippen molar-refractivity contribution in [2.75, 3.05) is 12.4 Å². The van der Waals surface area contributed by atoms with E-state index in [4.69, 9.17) is 0 Å². The Morgan fingerprint density at radius 1 is 1.27 bits per heavy atom. The highest BCUT2D eigenvalue weighted by atomic mass is 79.9. The molecule has 0 aromatic rings. The molecule has 0 aromatic heterocycles. The summed E-state index contributed by atoms with van der Waals surface area (Å²) < 4.78 is 4.59. The van der Waals surface area contributed by atoms with Gasteiger partial charge in [-0.3, -0.25) is 9.59 Å². The maximum absolute atomic E-state index is 11.8. The predicted molar refractivity (Wildman–Crippen MR) is 63.1 cm³/mol. The van der Waals surface area contributed by atoms with Crippen LogP contribution in [-0.4, -0.2) is 24.2 Å². The lowest BCUT2D eigenvalue weighted by Gasteiger charge is -2.29. The number of halogens is 1. The van der Waals surface area contributed by atoms with E-state index in [1.807, 2.05) is 13.8 Å². The second-order valence-electron chi connectivity index (χ2n) is 3.62. The lowest BCUT2D eigenvalue weighted by molar-refractivity contribution is -0.141. The van der Waals surface area contributed by atoms with Gasteiger partial charge < -0.3 is 4.74 Å². The second kappa shape index (κ2) is 6.99. The van der Waals surface area contributed by atoms with Crippen molar-refractivity contribution in [3.63, 3.8) is 0 Å². The van der Waals surface area contributed by atoms with Crippen molar-refractivity contribution in [3.8, 4) is 0 Å². The number of ether oxygens (including phenoxy) is 1. The summed E-state index contributed by atoms with van der Waals surface area (Å²) in [5.74, 6) is -0.0694. The fraction of sp³-hybridized carbons (Fsp3) is 0.818. The fourth-order valence-electron chi connectivity index (χ4n) is 1.72. The van der Waals surface area contributed by atoms with Crippen LogP contribution in [0.3, 0.4) is 0 Å². The van der Waals surface area contributed by atoms with Crippen molar-refractivity contribution in [3.05, 3.63) is 0 Å². The molecule has 0 atom stereocenters. The highest BCUT2D eigenvalue weighted by Gasteiger charge is 2.33. The third-order valence-corrected chi connectivity index (χ3v) is 3.61. The number of esters is 1. The number of methoxy groups -OCH3 is 1. The van der Waals surface area contributed by atoms with Crippen molar-refractivity contribution in [2.24, 2.45) is 5.41 Å². The Bertz CT molecular complexity index is 222. The Morgan fingerprint density at radius 2 is 1.80 bits per heavy atom. The SMILES string of the molecule is CCC(CC)(CCC(=O)OC)C(=O)CBr. The first-order chi connectivity index (χ1) is 7.06. The van der Waals surface area contributed by atoms with Crippen molar-refractivity contribution < 1.29 is 14.3 Å². The van der Waals surface area contributed by atoms with Gasteiger partial charge in [-0.1, -0.05) is 29.8 Å². The molecule has 0 unspecified atom stereocenters. The summed E-state index contributed by atoms with van der Waals surface area (Å²) in [4.78, 5) is 22.9. The Balaban J connectivity index is 4.50. The van der Waals surface area contributed by atoms with E-state index in [0.29, 0.717) is 18.2 Å². The van der Waals surface area contributed by atoms with Gasteiger partial charge in [0.25, 0.3) is 0 Å². The number of hydrogen-bond donors (Lipinski definition) is 0. The molecule has 0 rings (SSSR count). The van der Waals surface area contributed by atoms with Gasteiger partial charge in [-0.15, -0.1) is 0 Å². The molecular weight excluding hydrogens is 260 g/mol. The number of carbonyl (C=O) groups excluding carboxylic acids is 2. The van der Waals surface area contributed by atoms with Crippen molar-refractivity contribution in [1.82, 2.24) is 0 Å². The number of alkyl halides is 1. The zero-order valence-electron chi connectivity index (χ0n) is 9.64. The van der Waals surface area contributed by atoms with Gasteiger partial charge in [-0.25, -0.2) is 0 Å². The first kappa shape index (κ1) is 14.6. The van der Waals surface area contributed by atoms with E-state index in [0.717, 1.165) is 12.8 Å². The molecule has 0 heterocycles. The van der Waals surface area contributed by atoms with E-state index in [2.05, 4.69) is 20.7 Å². The molecule has 3 nitrogen and oxygen atoms in total. The lowest BCUT2D eigenvalue weighted by Crippen LogP contribution is -2.31. The third kappa shape index (κ3) is 3.93. The minimum absolute atomic E-state index is 0.177. The minimum Gasteiger partial charge on any atom is -0.469 e. The Kier molecular flexibility index (Phi) is 6.81. The van der Waals surface area contributed by atoms with Gasteiger partial charge in [0.2, 0.25) is 0 Å². The Hall–Kier alpha value is -0.380. The molecule has 0 amide bonds. The normalized spacial score (nSPS) is 11.2. The van der Waals surface area contributed by atoms with E-state index < -0.39 is 0 Å². The molecule has 15 heavy (non-hydrogen) atoms. The van der Waals surface area contributed by atoms with Gasteiger partial charge >= 0.3 is 5.97 Å². The van der Waals surface area contributed by atoms with Crippen LogP contribution >= 0.6 is 15.9 Å². The summed E-state index contributed by atoms with van der Waals surface area (Å²) >= 11 is 3.19. The summed E-state index contributed by atoms with van der Waals surface area (Å²) in [5.41, 5.74) is -0.363. The van der Waals surface area contributed by atoms with Crippen LogP contribution in [0.15, 0.2) is 0 Å². The standard InChI is InChI=1S/C11H19BrO3/c1-4-11(5-2,9(13)8-12)7-6-10(14)15-3/h4-8H2,1-3H3. The second-order valence-corrected chi connectivity index (χ2v) is 4.18. The molecule has 0 N–H and O–H groups in total. The molecular formula is C11H19BrO3. The Morgan fingerprint density at radius 3 is 2.13 bits per heavy atom. The van der Waals surface area contributed by atoms with Gasteiger partial charge in [0, 0.05) is 11.8 Å². The number of rotatable bonds is 7. The van der Waals surface area contributed by atoms with Crippen LogP contribution in [0.25, 0.3) is 0 Å². The molecule has 88 valence electrons. The maximum atomic E-state index is 11.8. The first-order valence-corrected chi connectivity index (χ1v) is 6.34. The quantitative estimate of drug-likeness (QED) is 0.531. The first-order valence-electron chi connectivity index (χ1n) is 5.22. The van der Waals surface area contributed by atoms with Gasteiger partial charge in [-0.2, -0.15) is 0 Å². The van der Waals surface area contributed by atoms with Crippen LogP contribution in [0, 0.1) is 5.41 Å².